The summed E-state index contributed by atoms with van der Waals surface area (Å²) in [4.78, 5) is 21.9. The van der Waals surface area contributed by atoms with Gasteiger partial charge < -0.3 is 14.7 Å². The van der Waals surface area contributed by atoms with E-state index in [1.165, 1.54) is 6.20 Å². The second-order valence-corrected chi connectivity index (χ2v) is 4.64. The van der Waals surface area contributed by atoms with E-state index >= 15 is 0 Å². The van der Waals surface area contributed by atoms with Crippen LogP contribution in [0.15, 0.2) is 30.5 Å². The Hall–Kier alpha value is -2.63. The van der Waals surface area contributed by atoms with Gasteiger partial charge in [-0.05, 0) is 26.0 Å². The number of methoxy groups -OCH3 is 1. The van der Waals surface area contributed by atoms with Crippen molar-refractivity contribution < 1.29 is 14.6 Å². The molecule has 0 bridgehead atoms. The fourth-order valence-corrected chi connectivity index (χ4v) is 2.19. The molecule has 0 unspecified atom stereocenters. The highest BCUT2D eigenvalue weighted by Gasteiger charge is 2.18. The fourth-order valence-electron chi connectivity index (χ4n) is 2.19. The van der Waals surface area contributed by atoms with Crippen LogP contribution in [0, 0.1) is 0 Å². The lowest BCUT2D eigenvalue weighted by atomic mass is 10.2. The highest BCUT2D eigenvalue weighted by Crippen LogP contribution is 2.24. The van der Waals surface area contributed by atoms with Gasteiger partial charge in [0.25, 0.3) is 0 Å². The van der Waals surface area contributed by atoms with Gasteiger partial charge in [0.05, 0.1) is 7.11 Å². The normalized spacial score (nSPS) is 10.3. The van der Waals surface area contributed by atoms with Gasteiger partial charge >= 0.3 is 5.97 Å². The first-order valence-electron chi connectivity index (χ1n) is 7.10. The molecular weight excluding hydrogens is 282 g/mol. The molecule has 0 saturated heterocycles. The first-order chi connectivity index (χ1) is 10.6. The molecule has 0 amide bonds. The highest BCUT2D eigenvalue weighted by atomic mass is 16.5. The van der Waals surface area contributed by atoms with Gasteiger partial charge in [-0.1, -0.05) is 12.1 Å². The molecule has 22 heavy (non-hydrogen) atoms. The van der Waals surface area contributed by atoms with E-state index in [1.54, 1.807) is 7.11 Å². The van der Waals surface area contributed by atoms with Gasteiger partial charge in [0.15, 0.2) is 5.82 Å². The summed E-state index contributed by atoms with van der Waals surface area (Å²) in [6, 6.07) is 7.37. The number of ether oxygens (including phenoxy) is 1. The number of hydrogen-bond acceptors (Lipinski definition) is 5. The Morgan fingerprint density at radius 1 is 1.32 bits per heavy atom. The zero-order valence-electron chi connectivity index (χ0n) is 12.9. The topological polar surface area (TPSA) is 75.5 Å². The maximum Gasteiger partial charge on any atom is 0.341 e. The van der Waals surface area contributed by atoms with Gasteiger partial charge in [-0.2, -0.15) is 0 Å². The molecule has 0 aliphatic carbocycles. The maximum absolute atomic E-state index is 11.4. The van der Waals surface area contributed by atoms with Crippen molar-refractivity contribution in [2.45, 2.75) is 13.8 Å². The summed E-state index contributed by atoms with van der Waals surface area (Å²) in [6.45, 7) is 5.27. The fraction of sp³-hybridized carbons (Fsp3) is 0.312. The number of aromatic carboxylic acids is 1. The molecule has 0 aliphatic rings. The van der Waals surface area contributed by atoms with Crippen LogP contribution < -0.4 is 9.64 Å². The van der Waals surface area contributed by atoms with Crippen molar-refractivity contribution in [3.05, 3.63) is 36.0 Å². The largest absolute Gasteiger partial charge is 0.497 e. The predicted molar refractivity (Wildman–Crippen MR) is 84.5 cm³/mol. The summed E-state index contributed by atoms with van der Waals surface area (Å²) in [5.74, 6) is 0.586. The second kappa shape index (κ2) is 6.89. The lowest BCUT2D eigenvalue weighted by molar-refractivity contribution is 0.0696. The smallest absolute Gasteiger partial charge is 0.341 e. The summed E-state index contributed by atoms with van der Waals surface area (Å²) >= 11 is 0. The van der Waals surface area contributed by atoms with Crippen LogP contribution in [0.2, 0.25) is 0 Å². The Morgan fingerprint density at radius 2 is 2.05 bits per heavy atom. The molecule has 2 rings (SSSR count). The Bertz CT molecular complexity index is 669. The van der Waals surface area contributed by atoms with Crippen LogP contribution in [0.3, 0.4) is 0 Å². The molecule has 1 N–H and O–H groups in total. The quantitative estimate of drug-likeness (QED) is 0.884. The van der Waals surface area contributed by atoms with Crippen molar-refractivity contribution in [1.29, 1.82) is 0 Å². The molecular formula is C16H19N3O3. The van der Waals surface area contributed by atoms with Crippen LogP contribution in [-0.2, 0) is 0 Å². The summed E-state index contributed by atoms with van der Waals surface area (Å²) < 4.78 is 5.20. The van der Waals surface area contributed by atoms with E-state index < -0.39 is 5.97 Å². The Labute approximate surface area is 129 Å². The van der Waals surface area contributed by atoms with Gasteiger partial charge in [0.2, 0.25) is 0 Å². The van der Waals surface area contributed by atoms with Crippen molar-refractivity contribution in [2.75, 3.05) is 25.1 Å². The molecule has 1 aromatic carbocycles. The van der Waals surface area contributed by atoms with Crippen molar-refractivity contribution in [3.8, 4) is 17.1 Å². The number of aromatic nitrogens is 2. The number of benzene rings is 1. The molecule has 0 aliphatic heterocycles. The van der Waals surface area contributed by atoms with E-state index in [2.05, 4.69) is 9.97 Å². The van der Waals surface area contributed by atoms with E-state index in [0.29, 0.717) is 30.5 Å². The molecule has 6 heteroatoms. The van der Waals surface area contributed by atoms with E-state index in [9.17, 15) is 9.90 Å². The average molecular weight is 301 g/mol. The molecule has 0 atom stereocenters. The van der Waals surface area contributed by atoms with Crippen LogP contribution in [0.25, 0.3) is 11.4 Å². The van der Waals surface area contributed by atoms with Gasteiger partial charge in [0.1, 0.15) is 17.1 Å². The highest BCUT2D eigenvalue weighted by molar-refractivity contribution is 5.93. The number of carboxylic acids is 1. The van der Waals surface area contributed by atoms with Gasteiger partial charge in [-0.3, -0.25) is 0 Å². The van der Waals surface area contributed by atoms with Crippen molar-refractivity contribution in [2.24, 2.45) is 0 Å². The molecule has 1 aromatic heterocycles. The van der Waals surface area contributed by atoms with Crippen molar-refractivity contribution >= 4 is 11.8 Å². The summed E-state index contributed by atoms with van der Waals surface area (Å²) in [5, 5.41) is 9.32. The lowest BCUT2D eigenvalue weighted by Crippen LogP contribution is -2.26. The predicted octanol–water partition coefficient (Wildman–Crippen LogP) is 2.70. The minimum absolute atomic E-state index is 0.107. The summed E-state index contributed by atoms with van der Waals surface area (Å²) in [5.41, 5.74) is 0.889. The SMILES string of the molecule is CCN(CC)c1nc(-c2cccc(OC)c2)ncc1C(=O)O. The Morgan fingerprint density at radius 3 is 2.64 bits per heavy atom. The third-order valence-corrected chi connectivity index (χ3v) is 3.39. The zero-order chi connectivity index (χ0) is 16.1. The van der Waals surface area contributed by atoms with Gasteiger partial charge in [-0.15, -0.1) is 0 Å². The summed E-state index contributed by atoms with van der Waals surface area (Å²) in [6.07, 6.45) is 1.36. The number of carbonyl (C=O) groups is 1. The first kappa shape index (κ1) is 15.8. The Balaban J connectivity index is 2.54. The molecule has 0 fully saturated rings. The number of rotatable bonds is 6. The maximum atomic E-state index is 11.4. The average Bonchev–Trinajstić information content (AvgIpc) is 2.55. The third kappa shape index (κ3) is 3.16. The van der Waals surface area contributed by atoms with Gasteiger partial charge in [-0.25, -0.2) is 14.8 Å². The second-order valence-electron chi connectivity index (χ2n) is 4.64. The standard InChI is InChI=1S/C16H19N3O3/c1-4-19(5-2)15-13(16(20)21)10-17-14(18-15)11-7-6-8-12(9-11)22-3/h6-10H,4-5H2,1-3H3,(H,20,21). The molecule has 0 saturated carbocycles. The van der Waals surface area contributed by atoms with Crippen LogP contribution in [0.4, 0.5) is 5.82 Å². The van der Waals surface area contributed by atoms with E-state index in [1.807, 2.05) is 43.0 Å². The minimum atomic E-state index is -1.03. The minimum Gasteiger partial charge on any atom is -0.497 e. The first-order valence-corrected chi connectivity index (χ1v) is 7.10. The van der Waals surface area contributed by atoms with Gasteiger partial charge in [0, 0.05) is 24.8 Å². The van der Waals surface area contributed by atoms with E-state index in [4.69, 9.17) is 4.74 Å². The number of nitrogens with zero attached hydrogens (tertiary/aromatic N) is 3. The molecule has 6 nitrogen and oxygen atoms in total. The molecule has 0 radical (unpaired) electrons. The number of carboxylic acid groups (broad SMARTS) is 1. The molecule has 1 heterocycles. The van der Waals surface area contributed by atoms with E-state index in [-0.39, 0.29) is 5.56 Å². The molecule has 2 aromatic rings. The molecule has 116 valence electrons. The van der Waals surface area contributed by atoms with Crippen LogP contribution >= 0.6 is 0 Å². The van der Waals surface area contributed by atoms with Crippen molar-refractivity contribution in [3.63, 3.8) is 0 Å². The molecule has 0 spiro atoms. The number of anilines is 1. The van der Waals surface area contributed by atoms with Crippen LogP contribution in [0.1, 0.15) is 24.2 Å². The summed E-state index contributed by atoms with van der Waals surface area (Å²) in [7, 11) is 1.59. The zero-order valence-corrected chi connectivity index (χ0v) is 12.9. The third-order valence-electron chi connectivity index (χ3n) is 3.39. The van der Waals surface area contributed by atoms with E-state index in [0.717, 1.165) is 5.56 Å². The van der Waals surface area contributed by atoms with Crippen LogP contribution in [-0.4, -0.2) is 41.2 Å². The van der Waals surface area contributed by atoms with Crippen LogP contribution in [0.5, 0.6) is 5.75 Å². The monoisotopic (exact) mass is 301 g/mol. The Kier molecular flexibility index (Phi) is 4.93. The number of hydrogen-bond donors (Lipinski definition) is 1. The van der Waals surface area contributed by atoms with Crippen molar-refractivity contribution in [1.82, 2.24) is 9.97 Å². The lowest BCUT2D eigenvalue weighted by Gasteiger charge is -2.21.